The van der Waals surface area contributed by atoms with Crippen LogP contribution in [0.15, 0.2) is 24.3 Å². The molecule has 1 aromatic rings. The van der Waals surface area contributed by atoms with Crippen LogP contribution >= 0.6 is 11.6 Å². The minimum absolute atomic E-state index is 0.423. The first-order valence-corrected chi connectivity index (χ1v) is 7.46. The molecule has 4 heteroatoms. The van der Waals surface area contributed by atoms with Gasteiger partial charge in [0.1, 0.15) is 12.4 Å². The maximum absolute atomic E-state index is 6.15. The van der Waals surface area contributed by atoms with Crippen molar-refractivity contribution >= 4 is 11.6 Å². The Morgan fingerprint density at radius 1 is 1.21 bits per heavy atom. The first kappa shape index (κ1) is 13.2. The molecule has 3 unspecified atom stereocenters. The highest BCUT2D eigenvalue weighted by atomic mass is 35.5. The van der Waals surface area contributed by atoms with Crippen molar-refractivity contribution in [2.45, 2.75) is 18.9 Å². The molecular formula is C15H21ClN2O. The van der Waals surface area contributed by atoms with Crippen molar-refractivity contribution in [1.29, 1.82) is 0 Å². The summed E-state index contributed by atoms with van der Waals surface area (Å²) in [6.07, 6.45) is 2.52. The van der Waals surface area contributed by atoms with E-state index in [4.69, 9.17) is 22.1 Å². The van der Waals surface area contributed by atoms with E-state index in [9.17, 15) is 0 Å². The van der Waals surface area contributed by atoms with Gasteiger partial charge >= 0.3 is 0 Å². The number of hydrogen-bond donors (Lipinski definition) is 1. The average Bonchev–Trinajstić information content (AvgIpc) is 2.95. The van der Waals surface area contributed by atoms with Crippen molar-refractivity contribution in [2.24, 2.45) is 17.6 Å². The lowest BCUT2D eigenvalue weighted by atomic mass is 9.98. The second-order valence-corrected chi connectivity index (χ2v) is 6.16. The summed E-state index contributed by atoms with van der Waals surface area (Å²) in [5, 5.41) is 0.744. The Kier molecular flexibility index (Phi) is 3.96. The Hall–Kier alpha value is -0.770. The van der Waals surface area contributed by atoms with Crippen LogP contribution in [-0.2, 0) is 0 Å². The summed E-state index contributed by atoms with van der Waals surface area (Å²) in [6.45, 7) is 4.07. The Morgan fingerprint density at radius 2 is 2.00 bits per heavy atom. The van der Waals surface area contributed by atoms with Gasteiger partial charge < -0.3 is 10.5 Å². The molecule has 0 bridgehead atoms. The molecule has 3 nitrogen and oxygen atoms in total. The normalized spacial score (nSPS) is 30.5. The smallest absolute Gasteiger partial charge is 0.119 e. The van der Waals surface area contributed by atoms with Gasteiger partial charge in [-0.3, -0.25) is 4.90 Å². The molecule has 104 valence electrons. The maximum atomic E-state index is 6.15. The fourth-order valence-corrected chi connectivity index (χ4v) is 3.53. The Labute approximate surface area is 119 Å². The first-order chi connectivity index (χ1) is 9.22. The third-order valence-electron chi connectivity index (χ3n) is 4.48. The highest BCUT2D eigenvalue weighted by molar-refractivity contribution is 6.30. The van der Waals surface area contributed by atoms with Gasteiger partial charge in [-0.05, 0) is 48.9 Å². The number of ether oxygens (including phenoxy) is 1. The van der Waals surface area contributed by atoms with E-state index in [-0.39, 0.29) is 0 Å². The highest BCUT2D eigenvalue weighted by Gasteiger charge is 2.40. The lowest BCUT2D eigenvalue weighted by Gasteiger charge is -2.18. The summed E-state index contributed by atoms with van der Waals surface area (Å²) < 4.78 is 5.74. The van der Waals surface area contributed by atoms with Crippen molar-refractivity contribution in [3.8, 4) is 5.75 Å². The Bertz CT molecular complexity index is 423. The molecule has 1 aromatic carbocycles. The van der Waals surface area contributed by atoms with Gasteiger partial charge in [-0.2, -0.15) is 0 Å². The Morgan fingerprint density at radius 3 is 2.74 bits per heavy atom. The third-order valence-corrected chi connectivity index (χ3v) is 4.73. The number of nitrogens with two attached hydrogens (primary N) is 1. The lowest BCUT2D eigenvalue weighted by Crippen LogP contribution is -2.32. The molecule has 0 amide bonds. The lowest BCUT2D eigenvalue weighted by molar-refractivity contribution is 0.225. The van der Waals surface area contributed by atoms with Gasteiger partial charge in [-0.1, -0.05) is 11.6 Å². The van der Waals surface area contributed by atoms with Crippen LogP contribution in [0.5, 0.6) is 5.75 Å². The topological polar surface area (TPSA) is 38.5 Å². The van der Waals surface area contributed by atoms with Crippen molar-refractivity contribution in [3.63, 3.8) is 0 Å². The molecule has 0 aromatic heterocycles. The van der Waals surface area contributed by atoms with E-state index in [1.54, 1.807) is 0 Å². The van der Waals surface area contributed by atoms with Gasteiger partial charge in [0.25, 0.3) is 0 Å². The molecule has 2 fully saturated rings. The van der Waals surface area contributed by atoms with Crippen molar-refractivity contribution < 1.29 is 4.74 Å². The van der Waals surface area contributed by atoms with Crippen LogP contribution in [0, 0.1) is 11.8 Å². The van der Waals surface area contributed by atoms with Crippen LogP contribution in [0.4, 0.5) is 0 Å². The summed E-state index contributed by atoms with van der Waals surface area (Å²) in [5.74, 6) is 2.43. The molecule has 1 heterocycles. The van der Waals surface area contributed by atoms with Crippen LogP contribution in [0.1, 0.15) is 12.8 Å². The zero-order chi connectivity index (χ0) is 13.2. The van der Waals surface area contributed by atoms with E-state index in [0.29, 0.717) is 6.04 Å². The van der Waals surface area contributed by atoms with Crippen molar-refractivity contribution in [3.05, 3.63) is 29.3 Å². The largest absolute Gasteiger partial charge is 0.492 e. The molecule has 3 atom stereocenters. The number of nitrogens with zero attached hydrogens (tertiary/aromatic N) is 1. The van der Waals surface area contributed by atoms with Gasteiger partial charge in [0.2, 0.25) is 0 Å². The van der Waals surface area contributed by atoms with Crippen LogP contribution in [-0.4, -0.2) is 37.2 Å². The Balaban J connectivity index is 1.43. The molecule has 3 rings (SSSR count). The number of rotatable bonds is 4. The number of likely N-dealkylation sites (tertiary alicyclic amines) is 1. The van der Waals surface area contributed by atoms with E-state index in [0.717, 1.165) is 42.3 Å². The first-order valence-electron chi connectivity index (χ1n) is 7.08. The van der Waals surface area contributed by atoms with Crippen LogP contribution in [0.2, 0.25) is 5.02 Å². The third kappa shape index (κ3) is 3.04. The summed E-state index contributed by atoms with van der Waals surface area (Å²) in [4.78, 5) is 2.49. The molecule has 1 aliphatic carbocycles. The maximum Gasteiger partial charge on any atom is 0.119 e. The standard InChI is InChI=1S/C15H21ClN2O/c16-12-2-4-13(5-3-12)19-8-7-18-9-11-1-6-15(17)14(11)10-18/h2-5,11,14-15H,1,6-10,17H2. The molecule has 1 aliphatic heterocycles. The summed E-state index contributed by atoms with van der Waals surface area (Å²) >= 11 is 5.84. The molecule has 2 N–H and O–H groups in total. The zero-order valence-electron chi connectivity index (χ0n) is 11.1. The van der Waals surface area contributed by atoms with Gasteiger partial charge in [0, 0.05) is 30.7 Å². The van der Waals surface area contributed by atoms with E-state index in [1.807, 2.05) is 24.3 Å². The van der Waals surface area contributed by atoms with E-state index in [2.05, 4.69) is 4.90 Å². The van der Waals surface area contributed by atoms with Crippen LogP contribution in [0.3, 0.4) is 0 Å². The predicted octanol–water partition coefficient (Wildman–Crippen LogP) is 2.39. The second-order valence-electron chi connectivity index (χ2n) is 5.73. The van der Waals surface area contributed by atoms with E-state index >= 15 is 0 Å². The van der Waals surface area contributed by atoms with Gasteiger partial charge in [-0.25, -0.2) is 0 Å². The molecule has 19 heavy (non-hydrogen) atoms. The average molecular weight is 281 g/mol. The van der Waals surface area contributed by atoms with E-state index < -0.39 is 0 Å². The predicted molar refractivity (Wildman–Crippen MR) is 77.6 cm³/mol. The minimum Gasteiger partial charge on any atom is -0.492 e. The zero-order valence-corrected chi connectivity index (χ0v) is 11.9. The quantitative estimate of drug-likeness (QED) is 0.920. The number of hydrogen-bond acceptors (Lipinski definition) is 3. The summed E-state index contributed by atoms with van der Waals surface area (Å²) in [5.41, 5.74) is 6.15. The van der Waals surface area contributed by atoms with E-state index in [1.165, 1.54) is 19.4 Å². The van der Waals surface area contributed by atoms with Gasteiger partial charge in [0.15, 0.2) is 0 Å². The minimum atomic E-state index is 0.423. The van der Waals surface area contributed by atoms with Crippen LogP contribution in [0.25, 0.3) is 0 Å². The molecule has 1 saturated heterocycles. The molecule has 0 spiro atoms. The molecule has 0 radical (unpaired) electrons. The fourth-order valence-electron chi connectivity index (χ4n) is 3.41. The number of benzene rings is 1. The number of halogens is 1. The summed E-state index contributed by atoms with van der Waals surface area (Å²) in [7, 11) is 0. The second kappa shape index (κ2) is 5.70. The SMILES string of the molecule is NC1CCC2CN(CCOc3ccc(Cl)cc3)CC12. The van der Waals surface area contributed by atoms with Gasteiger partial charge in [-0.15, -0.1) is 0 Å². The number of fused-ring (bicyclic) bond motifs is 1. The molecule has 2 aliphatic rings. The van der Waals surface area contributed by atoms with Crippen molar-refractivity contribution in [2.75, 3.05) is 26.2 Å². The highest BCUT2D eigenvalue weighted by Crippen LogP contribution is 2.36. The fraction of sp³-hybridized carbons (Fsp3) is 0.600. The van der Waals surface area contributed by atoms with Crippen molar-refractivity contribution in [1.82, 2.24) is 4.90 Å². The molecule has 1 saturated carbocycles. The monoisotopic (exact) mass is 280 g/mol. The summed E-state index contributed by atoms with van der Waals surface area (Å²) in [6, 6.07) is 7.97. The van der Waals surface area contributed by atoms with Crippen LogP contribution < -0.4 is 10.5 Å². The molecular weight excluding hydrogens is 260 g/mol. The van der Waals surface area contributed by atoms with Gasteiger partial charge in [0.05, 0.1) is 0 Å².